The van der Waals surface area contributed by atoms with Gasteiger partial charge in [0.1, 0.15) is 5.75 Å². The van der Waals surface area contributed by atoms with Crippen LogP contribution in [0.1, 0.15) is 16.8 Å². The molecule has 0 saturated carbocycles. The average molecular weight is 257 g/mol. The molecular formula is C12H13F2NO3. The van der Waals surface area contributed by atoms with Crippen LogP contribution < -0.4 is 4.74 Å². The van der Waals surface area contributed by atoms with Crippen LogP contribution >= 0.6 is 0 Å². The van der Waals surface area contributed by atoms with Crippen molar-refractivity contribution in [2.45, 2.75) is 19.1 Å². The van der Waals surface area contributed by atoms with Crippen LogP contribution in [0.3, 0.4) is 0 Å². The summed E-state index contributed by atoms with van der Waals surface area (Å²) in [7, 11) is 0. The molecule has 1 atom stereocenters. The second kappa shape index (κ2) is 5.30. The monoisotopic (exact) mass is 257 g/mol. The van der Waals surface area contributed by atoms with Crippen molar-refractivity contribution in [2.24, 2.45) is 0 Å². The molecule has 0 unspecified atom stereocenters. The predicted molar refractivity (Wildman–Crippen MR) is 59.6 cm³/mol. The van der Waals surface area contributed by atoms with Crippen molar-refractivity contribution >= 4 is 5.91 Å². The van der Waals surface area contributed by atoms with Gasteiger partial charge < -0.3 is 14.7 Å². The van der Waals surface area contributed by atoms with Gasteiger partial charge in [0.15, 0.2) is 0 Å². The first-order valence-corrected chi connectivity index (χ1v) is 5.58. The van der Waals surface area contributed by atoms with E-state index in [2.05, 4.69) is 4.74 Å². The van der Waals surface area contributed by atoms with Gasteiger partial charge in [0, 0.05) is 18.7 Å². The molecule has 98 valence electrons. The van der Waals surface area contributed by atoms with E-state index in [0.717, 1.165) is 0 Å². The van der Waals surface area contributed by atoms with E-state index in [0.29, 0.717) is 25.1 Å². The summed E-state index contributed by atoms with van der Waals surface area (Å²) < 4.78 is 28.1. The second-order valence-corrected chi connectivity index (χ2v) is 4.10. The van der Waals surface area contributed by atoms with Gasteiger partial charge in [-0.15, -0.1) is 0 Å². The van der Waals surface area contributed by atoms with E-state index < -0.39 is 12.7 Å². The van der Waals surface area contributed by atoms with Gasteiger partial charge in [0.25, 0.3) is 5.91 Å². The number of aliphatic hydroxyl groups is 1. The number of likely N-dealkylation sites (tertiary alicyclic amines) is 1. The lowest BCUT2D eigenvalue weighted by Gasteiger charge is -2.15. The summed E-state index contributed by atoms with van der Waals surface area (Å²) in [6.45, 7) is -2.05. The molecule has 1 aliphatic heterocycles. The highest BCUT2D eigenvalue weighted by Gasteiger charge is 2.25. The van der Waals surface area contributed by atoms with Gasteiger partial charge in [-0.2, -0.15) is 8.78 Å². The van der Waals surface area contributed by atoms with Gasteiger partial charge in [0.05, 0.1) is 6.10 Å². The molecule has 18 heavy (non-hydrogen) atoms. The topological polar surface area (TPSA) is 49.8 Å². The number of carbonyl (C=O) groups is 1. The molecule has 1 saturated heterocycles. The van der Waals surface area contributed by atoms with Crippen molar-refractivity contribution in [3.63, 3.8) is 0 Å². The first-order valence-electron chi connectivity index (χ1n) is 5.58. The van der Waals surface area contributed by atoms with Crippen molar-refractivity contribution in [1.82, 2.24) is 4.90 Å². The number of amides is 1. The lowest BCUT2D eigenvalue weighted by Crippen LogP contribution is -2.29. The Kier molecular flexibility index (Phi) is 3.76. The fraction of sp³-hybridized carbons (Fsp3) is 0.417. The number of alkyl halides is 2. The van der Waals surface area contributed by atoms with Crippen molar-refractivity contribution in [2.75, 3.05) is 13.1 Å². The summed E-state index contributed by atoms with van der Waals surface area (Å²) in [6, 6.07) is 5.52. The third-order valence-corrected chi connectivity index (χ3v) is 2.78. The smallest absolute Gasteiger partial charge is 0.387 e. The van der Waals surface area contributed by atoms with Crippen LogP contribution in [0, 0.1) is 0 Å². The molecule has 4 nitrogen and oxygen atoms in total. The fourth-order valence-electron chi connectivity index (χ4n) is 1.89. The number of ether oxygens (including phenoxy) is 1. The zero-order valence-corrected chi connectivity index (χ0v) is 9.55. The van der Waals surface area contributed by atoms with E-state index >= 15 is 0 Å². The summed E-state index contributed by atoms with van der Waals surface area (Å²) in [5, 5.41) is 9.34. The Morgan fingerprint density at radius 3 is 2.56 bits per heavy atom. The van der Waals surface area contributed by atoms with Crippen LogP contribution in [0.5, 0.6) is 5.75 Å². The number of hydrogen-bond acceptors (Lipinski definition) is 3. The van der Waals surface area contributed by atoms with Crippen LogP contribution in [-0.2, 0) is 0 Å². The third-order valence-electron chi connectivity index (χ3n) is 2.78. The quantitative estimate of drug-likeness (QED) is 0.892. The zero-order chi connectivity index (χ0) is 13.1. The lowest BCUT2D eigenvalue weighted by atomic mass is 10.2. The first kappa shape index (κ1) is 12.8. The molecule has 1 N–H and O–H groups in total. The van der Waals surface area contributed by atoms with Crippen LogP contribution in [0.2, 0.25) is 0 Å². The maximum absolute atomic E-state index is 12.0. The molecular weight excluding hydrogens is 244 g/mol. The van der Waals surface area contributed by atoms with E-state index in [1.165, 1.54) is 29.2 Å². The maximum atomic E-state index is 12.0. The van der Waals surface area contributed by atoms with E-state index in [1.807, 2.05) is 0 Å². The van der Waals surface area contributed by atoms with Crippen molar-refractivity contribution < 1.29 is 23.4 Å². The second-order valence-electron chi connectivity index (χ2n) is 4.10. The molecule has 0 aliphatic carbocycles. The predicted octanol–water partition coefficient (Wildman–Crippen LogP) is 1.49. The highest BCUT2D eigenvalue weighted by Crippen LogP contribution is 2.18. The molecule has 0 bridgehead atoms. The average Bonchev–Trinajstić information content (AvgIpc) is 2.75. The van der Waals surface area contributed by atoms with Gasteiger partial charge in [-0.05, 0) is 30.7 Å². The number of hydrogen-bond donors (Lipinski definition) is 1. The Labute approximate surface area is 103 Å². The largest absolute Gasteiger partial charge is 0.435 e. The number of nitrogens with zero attached hydrogens (tertiary/aromatic N) is 1. The summed E-state index contributed by atoms with van der Waals surface area (Å²) in [6.07, 6.45) is 0.0913. The summed E-state index contributed by atoms with van der Waals surface area (Å²) in [4.78, 5) is 13.5. The molecule has 0 aromatic heterocycles. The van der Waals surface area contributed by atoms with Gasteiger partial charge in [-0.25, -0.2) is 0 Å². The maximum Gasteiger partial charge on any atom is 0.387 e. The Hall–Kier alpha value is -1.69. The zero-order valence-electron chi connectivity index (χ0n) is 9.55. The Bertz CT molecular complexity index is 422. The van der Waals surface area contributed by atoms with Crippen LogP contribution in [0.4, 0.5) is 8.78 Å². The molecule has 2 rings (SSSR count). The van der Waals surface area contributed by atoms with Gasteiger partial charge in [0.2, 0.25) is 0 Å². The fourth-order valence-corrected chi connectivity index (χ4v) is 1.89. The normalized spacial score (nSPS) is 19.3. The number of carbonyl (C=O) groups excluding carboxylic acids is 1. The van der Waals surface area contributed by atoms with E-state index in [9.17, 15) is 18.7 Å². The van der Waals surface area contributed by atoms with Crippen molar-refractivity contribution in [3.8, 4) is 5.75 Å². The van der Waals surface area contributed by atoms with E-state index in [4.69, 9.17) is 0 Å². The minimum absolute atomic E-state index is 0.0167. The molecule has 1 aromatic carbocycles. The number of halogens is 2. The SMILES string of the molecule is O=C(c1ccc(OC(F)F)cc1)N1CC[C@H](O)C1. The molecule has 1 aromatic rings. The molecule has 1 heterocycles. The first-order chi connectivity index (χ1) is 8.56. The Morgan fingerprint density at radius 2 is 2.06 bits per heavy atom. The van der Waals surface area contributed by atoms with Crippen LogP contribution in [-0.4, -0.2) is 41.7 Å². The number of aliphatic hydroxyl groups excluding tert-OH is 1. The van der Waals surface area contributed by atoms with E-state index in [1.54, 1.807) is 0 Å². The minimum atomic E-state index is -2.87. The van der Waals surface area contributed by atoms with E-state index in [-0.39, 0.29) is 11.7 Å². The highest BCUT2D eigenvalue weighted by atomic mass is 19.3. The summed E-state index contributed by atoms with van der Waals surface area (Å²) >= 11 is 0. The Morgan fingerprint density at radius 1 is 1.39 bits per heavy atom. The summed E-state index contributed by atoms with van der Waals surface area (Å²) in [5.41, 5.74) is 0.394. The van der Waals surface area contributed by atoms with Gasteiger partial charge >= 0.3 is 6.61 Å². The standard InChI is InChI=1S/C12H13F2NO3/c13-12(14)18-10-3-1-8(2-4-10)11(17)15-6-5-9(16)7-15/h1-4,9,12,16H,5-7H2/t9-/m0/s1. The molecule has 1 aliphatic rings. The van der Waals surface area contributed by atoms with Gasteiger partial charge in [-0.3, -0.25) is 4.79 Å². The molecule has 0 spiro atoms. The third kappa shape index (κ3) is 2.95. The van der Waals surface area contributed by atoms with Crippen LogP contribution in [0.25, 0.3) is 0 Å². The number of benzene rings is 1. The number of β-amino-alcohol motifs (C(OH)–C–C–N with tert-alkyl or cyclic N) is 1. The van der Waals surface area contributed by atoms with Gasteiger partial charge in [-0.1, -0.05) is 0 Å². The molecule has 1 fully saturated rings. The van der Waals surface area contributed by atoms with Crippen LogP contribution in [0.15, 0.2) is 24.3 Å². The highest BCUT2D eigenvalue weighted by molar-refractivity contribution is 5.94. The molecule has 1 amide bonds. The molecule has 0 radical (unpaired) electrons. The minimum Gasteiger partial charge on any atom is -0.435 e. The lowest BCUT2D eigenvalue weighted by molar-refractivity contribution is -0.0498. The number of rotatable bonds is 3. The van der Waals surface area contributed by atoms with Crippen molar-refractivity contribution in [3.05, 3.63) is 29.8 Å². The summed E-state index contributed by atoms with van der Waals surface area (Å²) in [5.74, 6) is -0.196. The molecule has 6 heteroatoms. The Balaban J connectivity index is 2.03. The van der Waals surface area contributed by atoms with Crippen molar-refractivity contribution in [1.29, 1.82) is 0 Å².